The minimum atomic E-state index is -1.16. The van der Waals surface area contributed by atoms with E-state index in [0.29, 0.717) is 12.8 Å². The number of carbonyl (C=O) groups is 1. The molecule has 0 aromatic carbocycles. The monoisotopic (exact) mass is 250 g/mol. The Kier molecular flexibility index (Phi) is 4.37. The van der Waals surface area contributed by atoms with Gasteiger partial charge in [0.25, 0.3) is 0 Å². The molecule has 1 aliphatic carbocycles. The minimum Gasteiger partial charge on any atom is -0.392 e. The van der Waals surface area contributed by atoms with E-state index < -0.39 is 11.0 Å². The van der Waals surface area contributed by atoms with E-state index in [4.69, 9.17) is 5.11 Å². The standard InChI is InChI=1S/C15H22O3/c1-11(6-8-16)5-7-15(18)12(2)9-13(17)10-14(15,3)4/h6,12,16,18H,8-10H2,1-4H3/b11-6+. The SMILES string of the molecule is C/C(C#CC1(O)C(C)CC(=O)CC1(C)C)=C\CO. The van der Waals surface area contributed by atoms with Gasteiger partial charge < -0.3 is 10.2 Å². The van der Waals surface area contributed by atoms with E-state index in [-0.39, 0.29) is 18.3 Å². The van der Waals surface area contributed by atoms with Crippen LogP contribution in [-0.4, -0.2) is 28.2 Å². The fraction of sp³-hybridized carbons (Fsp3) is 0.667. The van der Waals surface area contributed by atoms with Crippen LogP contribution < -0.4 is 0 Å². The van der Waals surface area contributed by atoms with Gasteiger partial charge in [-0.1, -0.05) is 32.6 Å². The smallest absolute Gasteiger partial charge is 0.134 e. The van der Waals surface area contributed by atoms with Gasteiger partial charge in [0.2, 0.25) is 0 Å². The quantitative estimate of drug-likeness (QED) is 0.696. The second-order valence-corrected chi connectivity index (χ2v) is 5.79. The number of allylic oxidation sites excluding steroid dienone is 1. The third-order valence-electron chi connectivity index (χ3n) is 3.77. The molecular weight excluding hydrogens is 228 g/mol. The summed E-state index contributed by atoms with van der Waals surface area (Å²) in [5.74, 6) is 5.81. The maximum absolute atomic E-state index is 11.6. The van der Waals surface area contributed by atoms with Crippen molar-refractivity contribution in [3.63, 3.8) is 0 Å². The van der Waals surface area contributed by atoms with Gasteiger partial charge in [-0.3, -0.25) is 4.79 Å². The van der Waals surface area contributed by atoms with Gasteiger partial charge in [-0.05, 0) is 18.6 Å². The molecule has 2 N–H and O–H groups in total. The average Bonchev–Trinajstić information content (AvgIpc) is 2.23. The lowest BCUT2D eigenvalue weighted by atomic mass is 9.60. The van der Waals surface area contributed by atoms with Crippen molar-refractivity contribution >= 4 is 5.78 Å². The summed E-state index contributed by atoms with van der Waals surface area (Å²) < 4.78 is 0. The van der Waals surface area contributed by atoms with Gasteiger partial charge in [0, 0.05) is 24.2 Å². The zero-order chi connectivity index (χ0) is 14.0. The van der Waals surface area contributed by atoms with Crippen LogP contribution in [0.25, 0.3) is 0 Å². The molecule has 0 amide bonds. The molecule has 0 radical (unpaired) electrons. The molecular formula is C15H22O3. The topological polar surface area (TPSA) is 57.5 Å². The van der Waals surface area contributed by atoms with Crippen molar-refractivity contribution in [3.05, 3.63) is 11.6 Å². The van der Waals surface area contributed by atoms with Crippen molar-refractivity contribution in [2.24, 2.45) is 11.3 Å². The normalized spacial score (nSPS) is 31.8. The number of carbonyl (C=O) groups excluding carboxylic acids is 1. The van der Waals surface area contributed by atoms with Crippen molar-refractivity contribution < 1.29 is 15.0 Å². The highest BCUT2D eigenvalue weighted by Crippen LogP contribution is 2.45. The lowest BCUT2D eigenvalue weighted by molar-refractivity contribution is -0.140. The Balaban J connectivity index is 3.09. The van der Waals surface area contributed by atoms with Crippen LogP contribution in [0.5, 0.6) is 0 Å². The summed E-state index contributed by atoms with van der Waals surface area (Å²) in [5, 5.41) is 19.6. The number of aliphatic hydroxyl groups excluding tert-OH is 1. The van der Waals surface area contributed by atoms with Gasteiger partial charge in [-0.25, -0.2) is 0 Å². The highest BCUT2D eigenvalue weighted by Gasteiger charge is 2.51. The zero-order valence-electron chi connectivity index (χ0n) is 11.6. The second kappa shape index (κ2) is 5.26. The van der Waals surface area contributed by atoms with E-state index in [1.165, 1.54) is 0 Å². The van der Waals surface area contributed by atoms with E-state index in [2.05, 4.69) is 11.8 Å². The van der Waals surface area contributed by atoms with Gasteiger partial charge in [-0.2, -0.15) is 0 Å². The molecule has 100 valence electrons. The third-order valence-corrected chi connectivity index (χ3v) is 3.77. The Morgan fingerprint density at radius 1 is 1.56 bits per heavy atom. The summed E-state index contributed by atoms with van der Waals surface area (Å²) in [5.41, 5.74) is -0.981. The summed E-state index contributed by atoms with van der Waals surface area (Å²) in [6, 6.07) is 0. The van der Waals surface area contributed by atoms with Crippen molar-refractivity contribution in [2.45, 2.75) is 46.1 Å². The third kappa shape index (κ3) is 2.82. The molecule has 0 spiro atoms. The lowest BCUT2D eigenvalue weighted by Crippen LogP contribution is -2.53. The molecule has 0 heterocycles. The van der Waals surface area contributed by atoms with E-state index >= 15 is 0 Å². The Hall–Kier alpha value is -1.11. The van der Waals surface area contributed by atoms with E-state index in [1.807, 2.05) is 20.8 Å². The highest BCUT2D eigenvalue weighted by atomic mass is 16.3. The largest absolute Gasteiger partial charge is 0.392 e. The molecule has 0 bridgehead atoms. The van der Waals surface area contributed by atoms with Gasteiger partial charge >= 0.3 is 0 Å². The Morgan fingerprint density at radius 2 is 2.17 bits per heavy atom. The van der Waals surface area contributed by atoms with Crippen LogP contribution >= 0.6 is 0 Å². The molecule has 0 aromatic heterocycles. The number of rotatable bonds is 1. The van der Waals surface area contributed by atoms with Crippen LogP contribution in [0.1, 0.15) is 40.5 Å². The van der Waals surface area contributed by atoms with Crippen LogP contribution in [0.4, 0.5) is 0 Å². The van der Waals surface area contributed by atoms with Crippen LogP contribution in [0.2, 0.25) is 0 Å². The van der Waals surface area contributed by atoms with E-state index in [9.17, 15) is 9.90 Å². The van der Waals surface area contributed by atoms with Crippen molar-refractivity contribution in [1.82, 2.24) is 0 Å². The van der Waals surface area contributed by atoms with Crippen molar-refractivity contribution in [2.75, 3.05) is 6.61 Å². The van der Waals surface area contributed by atoms with E-state index in [0.717, 1.165) is 5.57 Å². The molecule has 18 heavy (non-hydrogen) atoms. The summed E-state index contributed by atoms with van der Waals surface area (Å²) in [6.07, 6.45) is 2.32. The molecule has 1 saturated carbocycles. The molecule has 2 unspecified atom stereocenters. The maximum Gasteiger partial charge on any atom is 0.134 e. The van der Waals surface area contributed by atoms with Gasteiger partial charge in [0.1, 0.15) is 11.4 Å². The molecule has 1 fully saturated rings. The van der Waals surface area contributed by atoms with E-state index in [1.54, 1.807) is 13.0 Å². The molecule has 0 aliphatic heterocycles. The molecule has 0 saturated heterocycles. The minimum absolute atomic E-state index is 0.0592. The predicted octanol–water partition coefficient (Wildman–Crippen LogP) is 1.68. The molecule has 1 aliphatic rings. The van der Waals surface area contributed by atoms with Crippen LogP contribution in [0.15, 0.2) is 11.6 Å². The average molecular weight is 250 g/mol. The van der Waals surface area contributed by atoms with Gasteiger partial charge in [0.15, 0.2) is 0 Å². The fourth-order valence-electron chi connectivity index (χ4n) is 2.53. The Morgan fingerprint density at radius 3 is 2.67 bits per heavy atom. The number of hydrogen-bond donors (Lipinski definition) is 2. The zero-order valence-corrected chi connectivity index (χ0v) is 11.6. The fourth-order valence-corrected chi connectivity index (χ4v) is 2.53. The first-order valence-electron chi connectivity index (χ1n) is 6.28. The summed E-state index contributed by atoms with van der Waals surface area (Å²) in [6.45, 7) is 7.34. The number of aliphatic hydroxyl groups is 2. The number of ketones is 1. The van der Waals surface area contributed by atoms with Gasteiger partial charge in [-0.15, -0.1) is 0 Å². The highest BCUT2D eigenvalue weighted by molar-refractivity contribution is 5.81. The summed E-state index contributed by atoms with van der Waals surface area (Å²) in [7, 11) is 0. The van der Waals surface area contributed by atoms with Crippen molar-refractivity contribution in [1.29, 1.82) is 0 Å². The second-order valence-electron chi connectivity index (χ2n) is 5.79. The summed E-state index contributed by atoms with van der Waals surface area (Å²) >= 11 is 0. The summed E-state index contributed by atoms with van der Waals surface area (Å²) in [4.78, 5) is 11.6. The van der Waals surface area contributed by atoms with Crippen molar-refractivity contribution in [3.8, 4) is 11.8 Å². The Labute approximate surface area is 109 Å². The van der Waals surface area contributed by atoms with Crippen LogP contribution in [0.3, 0.4) is 0 Å². The van der Waals surface area contributed by atoms with Crippen LogP contribution in [-0.2, 0) is 4.79 Å². The molecule has 3 heteroatoms. The molecule has 3 nitrogen and oxygen atoms in total. The number of hydrogen-bond acceptors (Lipinski definition) is 3. The molecule has 0 aromatic rings. The molecule has 2 atom stereocenters. The lowest BCUT2D eigenvalue weighted by Gasteiger charge is -2.46. The first-order chi connectivity index (χ1) is 8.23. The first-order valence-corrected chi connectivity index (χ1v) is 6.28. The Bertz CT molecular complexity index is 423. The van der Waals surface area contributed by atoms with Gasteiger partial charge in [0.05, 0.1) is 6.61 Å². The maximum atomic E-state index is 11.6. The predicted molar refractivity (Wildman–Crippen MR) is 70.8 cm³/mol. The molecule has 1 rings (SSSR count). The number of Topliss-reactive ketones (excluding diaryl/α,β-unsaturated/α-hetero) is 1. The van der Waals surface area contributed by atoms with Crippen LogP contribution in [0, 0.1) is 23.2 Å². The first kappa shape index (κ1) is 14.9.